The normalized spacial score (nSPS) is 9.94. The largest absolute Gasteiger partial charge is 0.499 e. The second kappa shape index (κ2) is 13.0. The molecule has 0 saturated carbocycles. The number of carbonyl (C=O) groups excluding carboxylic acids is 1. The summed E-state index contributed by atoms with van der Waals surface area (Å²) in [6.07, 6.45) is 6.26. The van der Waals surface area contributed by atoms with E-state index in [4.69, 9.17) is 14.2 Å². The third kappa shape index (κ3) is 12.9. The highest BCUT2D eigenvalue weighted by Crippen LogP contribution is 2.03. The maximum Gasteiger partial charge on any atom is 0.305 e. The Labute approximate surface area is 104 Å². The lowest BCUT2D eigenvalue weighted by molar-refractivity contribution is -0.145. The minimum Gasteiger partial charge on any atom is -0.499 e. The highest BCUT2D eigenvalue weighted by Gasteiger charge is 2.01. The van der Waals surface area contributed by atoms with Crippen LogP contribution in [0.25, 0.3) is 0 Å². The molecule has 0 radical (unpaired) electrons. The molecule has 0 spiro atoms. The summed E-state index contributed by atoms with van der Waals surface area (Å²) in [5, 5.41) is 0. The first-order valence-electron chi connectivity index (χ1n) is 6.27. The van der Waals surface area contributed by atoms with Crippen LogP contribution in [-0.4, -0.2) is 32.4 Å². The predicted molar refractivity (Wildman–Crippen MR) is 66.7 cm³/mol. The van der Waals surface area contributed by atoms with Crippen LogP contribution in [-0.2, 0) is 19.0 Å². The van der Waals surface area contributed by atoms with Crippen LogP contribution in [0.2, 0.25) is 0 Å². The van der Waals surface area contributed by atoms with E-state index in [0.29, 0.717) is 32.8 Å². The number of esters is 1. The summed E-state index contributed by atoms with van der Waals surface area (Å²) >= 11 is 0. The first-order valence-corrected chi connectivity index (χ1v) is 6.27. The van der Waals surface area contributed by atoms with Gasteiger partial charge in [-0.25, -0.2) is 0 Å². The zero-order valence-electron chi connectivity index (χ0n) is 10.8. The Morgan fingerprint density at radius 2 is 1.88 bits per heavy atom. The first-order chi connectivity index (χ1) is 8.31. The molecule has 0 amide bonds. The van der Waals surface area contributed by atoms with E-state index in [9.17, 15) is 4.79 Å². The molecule has 0 heterocycles. The number of carbonyl (C=O) groups is 1. The van der Waals surface area contributed by atoms with Crippen LogP contribution in [0.15, 0.2) is 12.8 Å². The lowest BCUT2D eigenvalue weighted by Gasteiger charge is -2.06. The average molecular weight is 244 g/mol. The average Bonchev–Trinajstić information content (AvgIpc) is 2.33. The van der Waals surface area contributed by atoms with Crippen molar-refractivity contribution in [3.05, 3.63) is 12.8 Å². The van der Waals surface area contributed by atoms with E-state index in [-0.39, 0.29) is 5.97 Å². The number of unbranched alkanes of at least 4 members (excludes halogenated alkanes) is 3. The van der Waals surface area contributed by atoms with Gasteiger partial charge in [0.1, 0.15) is 13.2 Å². The minimum atomic E-state index is -0.132. The van der Waals surface area contributed by atoms with Crippen molar-refractivity contribution in [1.29, 1.82) is 0 Å². The van der Waals surface area contributed by atoms with Gasteiger partial charge in [-0.15, -0.1) is 0 Å². The SMILES string of the molecule is C=COCCOCCOC(=O)CCCCCC. The van der Waals surface area contributed by atoms with Crippen molar-refractivity contribution in [2.24, 2.45) is 0 Å². The molecule has 0 aromatic heterocycles. The van der Waals surface area contributed by atoms with Gasteiger partial charge in [-0.05, 0) is 6.42 Å². The zero-order chi connectivity index (χ0) is 12.8. The Morgan fingerprint density at radius 3 is 2.59 bits per heavy atom. The summed E-state index contributed by atoms with van der Waals surface area (Å²) in [5.74, 6) is -0.132. The second-order valence-corrected chi connectivity index (χ2v) is 3.68. The van der Waals surface area contributed by atoms with Crippen LogP contribution < -0.4 is 0 Å². The number of rotatable bonds is 12. The van der Waals surface area contributed by atoms with Crippen LogP contribution in [0.1, 0.15) is 39.0 Å². The Morgan fingerprint density at radius 1 is 1.12 bits per heavy atom. The molecule has 0 bridgehead atoms. The standard InChI is InChI=1S/C13H24O4/c1-3-5-6-7-8-13(14)17-12-11-16-10-9-15-4-2/h4H,2-3,5-12H2,1H3. The molecule has 4 nitrogen and oxygen atoms in total. The third-order valence-electron chi connectivity index (χ3n) is 2.19. The van der Waals surface area contributed by atoms with E-state index < -0.39 is 0 Å². The summed E-state index contributed by atoms with van der Waals surface area (Å²) in [4.78, 5) is 11.2. The van der Waals surface area contributed by atoms with E-state index in [1.165, 1.54) is 19.1 Å². The Hall–Kier alpha value is -1.03. The molecule has 0 aliphatic rings. The van der Waals surface area contributed by atoms with E-state index in [1.54, 1.807) is 0 Å². The number of ether oxygens (including phenoxy) is 3. The van der Waals surface area contributed by atoms with Gasteiger partial charge in [-0.1, -0.05) is 32.8 Å². The number of hydrogen-bond donors (Lipinski definition) is 0. The van der Waals surface area contributed by atoms with Crippen LogP contribution >= 0.6 is 0 Å². The van der Waals surface area contributed by atoms with Gasteiger partial charge in [-0.2, -0.15) is 0 Å². The van der Waals surface area contributed by atoms with E-state index >= 15 is 0 Å². The van der Waals surface area contributed by atoms with Gasteiger partial charge in [0.2, 0.25) is 0 Å². The highest BCUT2D eigenvalue weighted by molar-refractivity contribution is 5.69. The van der Waals surface area contributed by atoms with Crippen molar-refractivity contribution >= 4 is 5.97 Å². The molecule has 0 fully saturated rings. The minimum absolute atomic E-state index is 0.132. The molecule has 17 heavy (non-hydrogen) atoms. The van der Waals surface area contributed by atoms with Crippen molar-refractivity contribution in [3.8, 4) is 0 Å². The number of hydrogen-bond acceptors (Lipinski definition) is 4. The summed E-state index contributed by atoms with van der Waals surface area (Å²) in [5.41, 5.74) is 0. The summed E-state index contributed by atoms with van der Waals surface area (Å²) in [7, 11) is 0. The van der Waals surface area contributed by atoms with Gasteiger partial charge in [0.05, 0.1) is 19.5 Å². The molecule has 0 rings (SSSR count). The molecule has 0 aliphatic heterocycles. The van der Waals surface area contributed by atoms with Gasteiger partial charge >= 0.3 is 5.97 Å². The summed E-state index contributed by atoms with van der Waals surface area (Å²) < 4.78 is 15.1. The highest BCUT2D eigenvalue weighted by atomic mass is 16.6. The van der Waals surface area contributed by atoms with Gasteiger partial charge < -0.3 is 14.2 Å². The van der Waals surface area contributed by atoms with E-state index in [1.807, 2.05) is 0 Å². The van der Waals surface area contributed by atoms with Crippen molar-refractivity contribution in [1.82, 2.24) is 0 Å². The molecule has 0 saturated heterocycles. The molecule has 100 valence electrons. The third-order valence-corrected chi connectivity index (χ3v) is 2.19. The smallest absolute Gasteiger partial charge is 0.305 e. The van der Waals surface area contributed by atoms with E-state index in [0.717, 1.165) is 12.8 Å². The molecule has 0 aromatic rings. The zero-order valence-corrected chi connectivity index (χ0v) is 10.8. The predicted octanol–water partition coefficient (Wildman–Crippen LogP) is 2.68. The van der Waals surface area contributed by atoms with Gasteiger partial charge in [0.25, 0.3) is 0 Å². The lowest BCUT2D eigenvalue weighted by atomic mass is 10.2. The van der Waals surface area contributed by atoms with Gasteiger partial charge in [0, 0.05) is 6.42 Å². The van der Waals surface area contributed by atoms with Crippen molar-refractivity contribution in [3.63, 3.8) is 0 Å². The Kier molecular flexibility index (Phi) is 12.2. The first kappa shape index (κ1) is 16.0. The Balaban J connectivity index is 3.13. The van der Waals surface area contributed by atoms with Crippen LogP contribution in [0.5, 0.6) is 0 Å². The summed E-state index contributed by atoms with van der Waals surface area (Å²) in [6, 6.07) is 0. The topological polar surface area (TPSA) is 44.8 Å². The molecule has 0 atom stereocenters. The van der Waals surface area contributed by atoms with Crippen molar-refractivity contribution in [2.75, 3.05) is 26.4 Å². The monoisotopic (exact) mass is 244 g/mol. The summed E-state index contributed by atoms with van der Waals surface area (Å²) in [6.45, 7) is 7.26. The Bertz CT molecular complexity index is 192. The molecule has 0 aliphatic carbocycles. The fraction of sp³-hybridized carbons (Fsp3) is 0.769. The van der Waals surface area contributed by atoms with Crippen LogP contribution in [0.3, 0.4) is 0 Å². The van der Waals surface area contributed by atoms with E-state index in [2.05, 4.69) is 13.5 Å². The van der Waals surface area contributed by atoms with Crippen LogP contribution in [0.4, 0.5) is 0 Å². The molecule has 0 aromatic carbocycles. The molecular weight excluding hydrogens is 220 g/mol. The molecule has 4 heteroatoms. The molecule has 0 unspecified atom stereocenters. The van der Waals surface area contributed by atoms with Crippen LogP contribution in [0, 0.1) is 0 Å². The van der Waals surface area contributed by atoms with Crippen molar-refractivity contribution in [2.45, 2.75) is 39.0 Å². The fourth-order valence-corrected chi connectivity index (χ4v) is 1.28. The van der Waals surface area contributed by atoms with Crippen molar-refractivity contribution < 1.29 is 19.0 Å². The fourth-order valence-electron chi connectivity index (χ4n) is 1.28. The molecular formula is C13H24O4. The maximum atomic E-state index is 11.2. The maximum absolute atomic E-state index is 11.2. The molecule has 0 N–H and O–H groups in total. The lowest BCUT2D eigenvalue weighted by Crippen LogP contribution is -2.12. The second-order valence-electron chi connectivity index (χ2n) is 3.68. The van der Waals surface area contributed by atoms with Gasteiger partial charge in [-0.3, -0.25) is 4.79 Å². The van der Waals surface area contributed by atoms with Gasteiger partial charge in [0.15, 0.2) is 0 Å². The quantitative estimate of drug-likeness (QED) is 0.301.